The van der Waals surface area contributed by atoms with Crippen molar-refractivity contribution in [2.75, 3.05) is 13.1 Å². The number of benzene rings is 3. The second kappa shape index (κ2) is 12.0. The fraction of sp³-hybridized carbons (Fsp3) is 0.290. The lowest BCUT2D eigenvalue weighted by Crippen LogP contribution is -2.39. The van der Waals surface area contributed by atoms with E-state index >= 15 is 0 Å². The van der Waals surface area contributed by atoms with Crippen molar-refractivity contribution in [3.8, 4) is 11.5 Å². The molecule has 1 aromatic heterocycles. The summed E-state index contributed by atoms with van der Waals surface area (Å²) in [5.41, 5.74) is 3.53. The maximum atomic E-state index is 11.2. The first-order valence-electron chi connectivity index (χ1n) is 13.2. The molecule has 0 bridgehead atoms. The molecule has 4 aromatic rings. The van der Waals surface area contributed by atoms with Crippen molar-refractivity contribution in [2.24, 2.45) is 0 Å². The zero-order chi connectivity index (χ0) is 27.4. The van der Waals surface area contributed by atoms with Gasteiger partial charge in [-0.1, -0.05) is 74.5 Å². The van der Waals surface area contributed by atoms with E-state index in [2.05, 4.69) is 47.2 Å². The Morgan fingerprint density at radius 3 is 2.56 bits per heavy atom. The molecule has 1 saturated heterocycles. The maximum absolute atomic E-state index is 11.2. The Morgan fingerprint density at radius 2 is 1.85 bits per heavy atom. The van der Waals surface area contributed by atoms with Gasteiger partial charge in [-0.2, -0.15) is 0 Å². The number of allylic oxidation sites excluding steroid dienone is 2. The molecule has 202 valence electrons. The molecule has 5 rings (SSSR count). The number of hydrogen-bond acceptors (Lipinski definition) is 7. The molecule has 2 heterocycles. The Morgan fingerprint density at radius 1 is 1.10 bits per heavy atom. The van der Waals surface area contributed by atoms with Gasteiger partial charge in [-0.15, -0.1) is 0 Å². The summed E-state index contributed by atoms with van der Waals surface area (Å²) in [6.45, 7) is 9.61. The number of rotatable bonds is 9. The van der Waals surface area contributed by atoms with Gasteiger partial charge in [0.05, 0.1) is 10.5 Å². The standard InChI is InChI=1S/C31H32ClN3O3S/c1-4-6-8-22-9-7-10-25(28(22)21(3)5-2)37-26-15-16-27(30-29(26)33-38-34-30)39-35-19-17-31(36,18-20-35)23-11-13-24(32)14-12-23/h4,6-16,21,36H,1,5,17-20H2,2-3H3/b8-6-. The first-order chi connectivity index (χ1) is 18.9. The van der Waals surface area contributed by atoms with Gasteiger partial charge in [0, 0.05) is 23.7 Å². The van der Waals surface area contributed by atoms with E-state index in [0.29, 0.717) is 40.6 Å². The van der Waals surface area contributed by atoms with Gasteiger partial charge in [0.25, 0.3) is 0 Å². The third-order valence-electron chi connectivity index (χ3n) is 7.34. The molecule has 1 unspecified atom stereocenters. The van der Waals surface area contributed by atoms with E-state index in [4.69, 9.17) is 21.0 Å². The Balaban J connectivity index is 1.35. The Bertz CT molecular complexity index is 1480. The molecule has 6 nitrogen and oxygen atoms in total. The molecule has 1 N–H and O–H groups in total. The highest BCUT2D eigenvalue weighted by molar-refractivity contribution is 7.97. The average molecular weight is 562 g/mol. The number of aromatic nitrogens is 2. The predicted octanol–water partition coefficient (Wildman–Crippen LogP) is 8.37. The number of nitrogens with zero attached hydrogens (tertiary/aromatic N) is 3. The van der Waals surface area contributed by atoms with E-state index in [0.717, 1.165) is 46.8 Å². The second-order valence-corrected chi connectivity index (χ2v) is 11.4. The largest absolute Gasteiger partial charge is 0.455 e. The minimum absolute atomic E-state index is 0.303. The van der Waals surface area contributed by atoms with Crippen LogP contribution in [-0.4, -0.2) is 32.8 Å². The third-order valence-corrected chi connectivity index (χ3v) is 8.74. The highest BCUT2D eigenvalue weighted by Gasteiger charge is 2.34. The van der Waals surface area contributed by atoms with E-state index in [9.17, 15) is 5.11 Å². The molecule has 39 heavy (non-hydrogen) atoms. The number of aliphatic hydroxyl groups is 1. The number of ether oxygens (including phenoxy) is 1. The van der Waals surface area contributed by atoms with Gasteiger partial charge in [0.2, 0.25) is 0 Å². The lowest BCUT2D eigenvalue weighted by molar-refractivity contribution is -0.00802. The molecule has 1 atom stereocenters. The highest BCUT2D eigenvalue weighted by atomic mass is 35.5. The predicted molar refractivity (Wildman–Crippen MR) is 158 cm³/mol. The van der Waals surface area contributed by atoms with Crippen LogP contribution < -0.4 is 4.74 Å². The highest BCUT2D eigenvalue weighted by Crippen LogP contribution is 2.41. The van der Waals surface area contributed by atoms with Crippen LogP contribution in [0, 0.1) is 0 Å². The van der Waals surface area contributed by atoms with Crippen molar-refractivity contribution < 1.29 is 14.5 Å². The molecule has 0 radical (unpaired) electrons. The van der Waals surface area contributed by atoms with E-state index in [-0.39, 0.29) is 0 Å². The Hall–Kier alpha value is -3.10. The van der Waals surface area contributed by atoms with Crippen LogP contribution in [-0.2, 0) is 5.60 Å². The summed E-state index contributed by atoms with van der Waals surface area (Å²) >= 11 is 7.63. The average Bonchev–Trinajstić information content (AvgIpc) is 3.45. The topological polar surface area (TPSA) is 71.6 Å². The number of halogens is 1. The van der Waals surface area contributed by atoms with E-state index in [1.807, 2.05) is 54.6 Å². The second-order valence-electron chi connectivity index (χ2n) is 9.85. The minimum Gasteiger partial charge on any atom is -0.455 e. The molecule has 3 aromatic carbocycles. The van der Waals surface area contributed by atoms with Gasteiger partial charge in [-0.25, -0.2) is 8.93 Å². The van der Waals surface area contributed by atoms with Crippen LogP contribution in [0.2, 0.25) is 5.02 Å². The minimum atomic E-state index is -0.854. The van der Waals surface area contributed by atoms with Crippen molar-refractivity contribution in [1.82, 2.24) is 14.6 Å². The van der Waals surface area contributed by atoms with Crippen molar-refractivity contribution >= 4 is 40.7 Å². The van der Waals surface area contributed by atoms with Gasteiger partial charge < -0.3 is 9.84 Å². The summed E-state index contributed by atoms with van der Waals surface area (Å²) in [5.74, 6) is 1.69. The molecular weight excluding hydrogens is 530 g/mol. The monoisotopic (exact) mass is 561 g/mol. The molecule has 0 aliphatic carbocycles. The molecule has 1 aliphatic rings. The van der Waals surface area contributed by atoms with E-state index in [1.54, 1.807) is 18.0 Å². The smallest absolute Gasteiger partial charge is 0.178 e. The number of fused-ring (bicyclic) bond motifs is 1. The lowest BCUT2D eigenvalue weighted by Gasteiger charge is -2.37. The van der Waals surface area contributed by atoms with Gasteiger partial charge >= 0.3 is 0 Å². The molecule has 1 fully saturated rings. The molecule has 8 heteroatoms. The van der Waals surface area contributed by atoms with Crippen LogP contribution in [0.4, 0.5) is 0 Å². The van der Waals surface area contributed by atoms with Crippen molar-refractivity contribution in [3.05, 3.63) is 95.0 Å². The number of hydrogen-bond donors (Lipinski definition) is 1. The van der Waals surface area contributed by atoms with Gasteiger partial charge in [0.1, 0.15) is 5.75 Å². The maximum Gasteiger partial charge on any atom is 0.178 e. The van der Waals surface area contributed by atoms with Gasteiger partial charge in [-0.05, 0) is 88.9 Å². The molecule has 0 saturated carbocycles. The summed E-state index contributed by atoms with van der Waals surface area (Å²) < 4.78 is 13.9. The summed E-state index contributed by atoms with van der Waals surface area (Å²) in [4.78, 5) is 0.931. The fourth-order valence-corrected chi connectivity index (χ4v) is 6.05. The Kier molecular flexibility index (Phi) is 8.43. The van der Waals surface area contributed by atoms with Crippen LogP contribution in [0.3, 0.4) is 0 Å². The summed E-state index contributed by atoms with van der Waals surface area (Å²) in [6.07, 6.45) is 8.00. The molecule has 0 amide bonds. The summed E-state index contributed by atoms with van der Waals surface area (Å²) in [5, 5.41) is 20.3. The van der Waals surface area contributed by atoms with E-state index < -0.39 is 5.60 Å². The van der Waals surface area contributed by atoms with Crippen LogP contribution in [0.25, 0.3) is 17.1 Å². The first-order valence-corrected chi connectivity index (χ1v) is 14.3. The normalized spacial score (nSPS) is 16.5. The van der Waals surface area contributed by atoms with Gasteiger partial charge in [0.15, 0.2) is 16.8 Å². The zero-order valence-corrected chi connectivity index (χ0v) is 23.7. The van der Waals surface area contributed by atoms with Crippen LogP contribution >= 0.6 is 23.5 Å². The molecule has 0 spiro atoms. The van der Waals surface area contributed by atoms with Crippen molar-refractivity contribution in [2.45, 2.75) is 49.5 Å². The van der Waals surface area contributed by atoms with Crippen LogP contribution in [0.5, 0.6) is 11.5 Å². The lowest BCUT2D eigenvalue weighted by atomic mass is 9.85. The summed E-state index contributed by atoms with van der Waals surface area (Å²) in [6, 6.07) is 17.5. The third kappa shape index (κ3) is 5.92. The van der Waals surface area contributed by atoms with Crippen LogP contribution in [0.1, 0.15) is 55.7 Å². The SMILES string of the molecule is C=C/C=C\c1cccc(Oc2ccc(SN3CCC(O)(c4ccc(Cl)cc4)CC3)c3nonc23)c1C(C)CC. The van der Waals surface area contributed by atoms with Gasteiger partial charge in [-0.3, -0.25) is 0 Å². The molecule has 1 aliphatic heterocycles. The quantitative estimate of drug-likeness (QED) is 0.162. The fourth-order valence-electron chi connectivity index (χ4n) is 4.93. The van der Waals surface area contributed by atoms with Crippen LogP contribution in [0.15, 0.2) is 82.9 Å². The molecular formula is C31H32ClN3O3S. The number of piperidine rings is 1. The zero-order valence-electron chi connectivity index (χ0n) is 22.1. The summed E-state index contributed by atoms with van der Waals surface area (Å²) in [7, 11) is 0. The van der Waals surface area contributed by atoms with E-state index in [1.165, 1.54) is 0 Å². The van der Waals surface area contributed by atoms with Crippen molar-refractivity contribution in [1.29, 1.82) is 0 Å². The first kappa shape index (κ1) is 27.5. The van der Waals surface area contributed by atoms with Crippen molar-refractivity contribution in [3.63, 3.8) is 0 Å². The Labute approximate surface area is 238 Å².